The molecule has 2 atom stereocenters. The van der Waals surface area contributed by atoms with Crippen molar-refractivity contribution in [3.8, 4) is 5.75 Å². The number of alkyl halides is 2. The molecule has 1 aliphatic carbocycles. The first-order valence-corrected chi connectivity index (χ1v) is 6.75. The first-order chi connectivity index (χ1) is 9.36. The first kappa shape index (κ1) is 15.0. The molecule has 0 N–H and O–H groups in total. The van der Waals surface area contributed by atoms with E-state index in [1.807, 2.05) is 6.92 Å². The first-order valence-electron chi connectivity index (χ1n) is 6.38. The predicted molar refractivity (Wildman–Crippen MR) is 70.2 cm³/mol. The van der Waals surface area contributed by atoms with E-state index < -0.39 is 17.5 Å². The van der Waals surface area contributed by atoms with Crippen LogP contribution in [0.2, 0.25) is 5.02 Å². The molecule has 1 saturated carbocycles. The summed E-state index contributed by atoms with van der Waals surface area (Å²) in [4.78, 5) is 11.3. The maximum atomic E-state index is 13.9. The van der Waals surface area contributed by atoms with Gasteiger partial charge >= 0.3 is 11.9 Å². The van der Waals surface area contributed by atoms with Crippen molar-refractivity contribution in [3.05, 3.63) is 28.8 Å². The third-order valence-corrected chi connectivity index (χ3v) is 3.45. The summed E-state index contributed by atoms with van der Waals surface area (Å²) in [5, 5.41) is 0.243. The molecule has 0 radical (unpaired) electrons. The van der Waals surface area contributed by atoms with E-state index in [2.05, 4.69) is 4.74 Å². The number of esters is 1. The van der Waals surface area contributed by atoms with Gasteiger partial charge in [0.25, 0.3) is 0 Å². The van der Waals surface area contributed by atoms with Crippen LogP contribution in [-0.4, -0.2) is 18.7 Å². The number of benzene rings is 1. The molecule has 0 aliphatic heterocycles. The van der Waals surface area contributed by atoms with Gasteiger partial charge in [-0.15, -0.1) is 0 Å². The summed E-state index contributed by atoms with van der Waals surface area (Å²) in [6.07, 6.45) is 0.869. The molecule has 2 rings (SSSR count). The van der Waals surface area contributed by atoms with Gasteiger partial charge in [0.1, 0.15) is 11.9 Å². The van der Waals surface area contributed by atoms with Gasteiger partial charge in [-0.25, -0.2) is 4.79 Å². The average molecular weight is 305 g/mol. The lowest BCUT2D eigenvalue weighted by Crippen LogP contribution is -2.28. The van der Waals surface area contributed by atoms with Crippen LogP contribution in [-0.2, 0) is 15.5 Å². The molecule has 1 aromatic rings. The molecule has 3 nitrogen and oxygen atoms in total. The Balaban J connectivity index is 2.23. The van der Waals surface area contributed by atoms with Crippen molar-refractivity contribution < 1.29 is 23.0 Å². The molecule has 1 aromatic carbocycles. The summed E-state index contributed by atoms with van der Waals surface area (Å²) in [6, 6.07) is 3.50. The van der Waals surface area contributed by atoms with Crippen molar-refractivity contribution in [2.75, 3.05) is 6.61 Å². The Bertz CT molecular complexity index is 519. The summed E-state index contributed by atoms with van der Waals surface area (Å²) in [5.74, 6) is -4.73. The smallest absolute Gasteiger partial charge is 0.381 e. The molecule has 0 saturated heterocycles. The zero-order chi connectivity index (χ0) is 14.9. The van der Waals surface area contributed by atoms with E-state index in [9.17, 15) is 13.6 Å². The minimum atomic E-state index is -3.71. The van der Waals surface area contributed by atoms with Gasteiger partial charge < -0.3 is 9.47 Å². The molecule has 0 amide bonds. The molecule has 0 aromatic heterocycles. The number of halogens is 3. The summed E-state index contributed by atoms with van der Waals surface area (Å²) in [5.41, 5.74) is -0.483. The van der Waals surface area contributed by atoms with E-state index in [1.165, 1.54) is 13.0 Å². The molecule has 110 valence electrons. The van der Waals surface area contributed by atoms with Crippen molar-refractivity contribution in [1.82, 2.24) is 0 Å². The maximum Gasteiger partial charge on any atom is 0.381 e. The van der Waals surface area contributed by atoms with Crippen LogP contribution in [0.4, 0.5) is 8.78 Å². The largest absolute Gasteiger partial charge is 0.489 e. The lowest BCUT2D eigenvalue weighted by atomic mass is 10.1. The fourth-order valence-electron chi connectivity index (χ4n) is 1.74. The van der Waals surface area contributed by atoms with E-state index in [4.69, 9.17) is 16.3 Å². The molecule has 0 heterocycles. The number of hydrogen-bond acceptors (Lipinski definition) is 3. The Morgan fingerprint density at radius 2 is 2.15 bits per heavy atom. The molecule has 0 spiro atoms. The minimum Gasteiger partial charge on any atom is -0.489 e. The molecule has 2 unspecified atom stereocenters. The van der Waals surface area contributed by atoms with Gasteiger partial charge in [-0.3, -0.25) is 0 Å². The molecule has 1 aliphatic rings. The highest BCUT2D eigenvalue weighted by atomic mass is 35.5. The SMILES string of the molecule is CCOC(=O)C(F)(F)c1ccc(Cl)c(OC2CC2C)c1. The monoisotopic (exact) mass is 304 g/mol. The van der Waals surface area contributed by atoms with Crippen LogP contribution in [0.15, 0.2) is 18.2 Å². The van der Waals surface area contributed by atoms with Crippen LogP contribution in [0.3, 0.4) is 0 Å². The van der Waals surface area contributed by atoms with Gasteiger partial charge in [0.2, 0.25) is 0 Å². The highest BCUT2D eigenvalue weighted by Crippen LogP contribution is 2.39. The Morgan fingerprint density at radius 1 is 1.50 bits per heavy atom. The van der Waals surface area contributed by atoms with Gasteiger partial charge in [-0.05, 0) is 31.4 Å². The minimum absolute atomic E-state index is 0.000958. The van der Waals surface area contributed by atoms with E-state index >= 15 is 0 Å². The maximum absolute atomic E-state index is 13.9. The molecule has 0 bridgehead atoms. The zero-order valence-electron chi connectivity index (χ0n) is 11.2. The van der Waals surface area contributed by atoms with Crippen LogP contribution >= 0.6 is 11.6 Å². The number of ether oxygens (including phenoxy) is 2. The van der Waals surface area contributed by atoms with Crippen molar-refractivity contribution in [2.24, 2.45) is 5.92 Å². The van der Waals surface area contributed by atoms with Gasteiger partial charge in [0.05, 0.1) is 11.6 Å². The molecule has 20 heavy (non-hydrogen) atoms. The third kappa shape index (κ3) is 3.03. The number of rotatable bonds is 5. The second kappa shape index (κ2) is 5.56. The Hall–Kier alpha value is -1.36. The Morgan fingerprint density at radius 3 is 2.70 bits per heavy atom. The standard InChI is InChI=1S/C14H15ClF2O3/c1-3-19-13(18)14(16,17)9-4-5-10(15)12(7-9)20-11-6-8(11)2/h4-5,7-8,11H,3,6H2,1-2H3. The van der Waals surface area contributed by atoms with Crippen LogP contribution in [0.25, 0.3) is 0 Å². The highest BCUT2D eigenvalue weighted by molar-refractivity contribution is 6.32. The fraction of sp³-hybridized carbons (Fsp3) is 0.500. The van der Waals surface area contributed by atoms with Gasteiger partial charge in [-0.1, -0.05) is 24.6 Å². The van der Waals surface area contributed by atoms with Crippen molar-refractivity contribution in [2.45, 2.75) is 32.3 Å². The van der Waals surface area contributed by atoms with Gasteiger partial charge in [0, 0.05) is 5.56 Å². The predicted octanol–water partition coefficient (Wildman–Crippen LogP) is 3.78. The van der Waals surface area contributed by atoms with E-state index in [-0.39, 0.29) is 23.5 Å². The van der Waals surface area contributed by atoms with E-state index in [1.54, 1.807) is 0 Å². The Labute approximate surface area is 120 Å². The van der Waals surface area contributed by atoms with Crippen LogP contribution < -0.4 is 4.74 Å². The molecule has 1 fully saturated rings. The summed E-state index contributed by atoms with van der Waals surface area (Å²) in [7, 11) is 0. The van der Waals surface area contributed by atoms with Crippen LogP contribution in [0.1, 0.15) is 25.8 Å². The van der Waals surface area contributed by atoms with Crippen molar-refractivity contribution in [1.29, 1.82) is 0 Å². The second-order valence-electron chi connectivity index (χ2n) is 4.81. The third-order valence-electron chi connectivity index (χ3n) is 3.14. The average Bonchev–Trinajstić information content (AvgIpc) is 3.07. The lowest BCUT2D eigenvalue weighted by molar-refractivity contribution is -0.173. The lowest BCUT2D eigenvalue weighted by Gasteiger charge is -2.16. The zero-order valence-corrected chi connectivity index (χ0v) is 11.9. The topological polar surface area (TPSA) is 35.5 Å². The van der Waals surface area contributed by atoms with Crippen LogP contribution in [0.5, 0.6) is 5.75 Å². The molecular weight excluding hydrogens is 290 g/mol. The van der Waals surface area contributed by atoms with E-state index in [0.717, 1.165) is 18.6 Å². The Kier molecular flexibility index (Phi) is 4.18. The van der Waals surface area contributed by atoms with Crippen LogP contribution in [0, 0.1) is 5.92 Å². The number of carbonyl (C=O) groups is 1. The summed E-state index contributed by atoms with van der Waals surface area (Å²) in [6.45, 7) is 3.36. The molecular formula is C14H15ClF2O3. The quantitative estimate of drug-likeness (QED) is 0.777. The highest BCUT2D eigenvalue weighted by Gasteiger charge is 2.43. The molecule has 6 heteroatoms. The van der Waals surface area contributed by atoms with Gasteiger partial charge in [-0.2, -0.15) is 8.78 Å². The van der Waals surface area contributed by atoms with E-state index in [0.29, 0.717) is 5.92 Å². The summed E-state index contributed by atoms with van der Waals surface area (Å²) >= 11 is 5.92. The second-order valence-corrected chi connectivity index (χ2v) is 5.22. The van der Waals surface area contributed by atoms with Crippen molar-refractivity contribution >= 4 is 17.6 Å². The van der Waals surface area contributed by atoms with Crippen molar-refractivity contribution in [3.63, 3.8) is 0 Å². The normalized spacial score (nSPS) is 21.4. The number of hydrogen-bond donors (Lipinski definition) is 0. The summed E-state index contributed by atoms with van der Waals surface area (Å²) < 4.78 is 37.7. The van der Waals surface area contributed by atoms with Gasteiger partial charge in [0.15, 0.2) is 0 Å². The number of carbonyl (C=O) groups excluding carboxylic acids is 1. The fourth-order valence-corrected chi connectivity index (χ4v) is 1.91.